The fraction of sp³-hybridized carbons (Fsp3) is 0.375. The summed E-state index contributed by atoms with van der Waals surface area (Å²) >= 11 is 0. The average molecular weight is 470 g/mol. The fourth-order valence-corrected chi connectivity index (χ4v) is 5.85. The van der Waals surface area contributed by atoms with Gasteiger partial charge in [-0.1, -0.05) is 62.8 Å². The smallest absolute Gasteiger partial charge is 0.141 e. The lowest BCUT2D eigenvalue weighted by atomic mass is 9.92. The van der Waals surface area contributed by atoms with Crippen molar-refractivity contribution in [3.8, 4) is 0 Å². The van der Waals surface area contributed by atoms with Crippen molar-refractivity contribution < 1.29 is 8.81 Å². The number of rotatable bonds is 8. The summed E-state index contributed by atoms with van der Waals surface area (Å²) in [6.45, 7) is 7.64. The molecule has 0 bridgehead atoms. The molecule has 1 fully saturated rings. The van der Waals surface area contributed by atoms with E-state index in [1.165, 1.54) is 30.5 Å². The molecule has 2 aromatic heterocycles. The summed E-state index contributed by atoms with van der Waals surface area (Å²) in [5, 5.41) is 2.08. The zero-order valence-electron chi connectivity index (χ0n) is 21.1. The van der Waals surface area contributed by atoms with Gasteiger partial charge in [0.05, 0.1) is 0 Å². The molecular weight excluding hydrogens is 433 g/mol. The first kappa shape index (κ1) is 23.7. The van der Waals surface area contributed by atoms with Crippen LogP contribution in [-0.4, -0.2) is 4.57 Å². The Bertz CT molecular complexity index is 1370. The molecule has 0 spiro atoms. The minimum atomic E-state index is -0.202. The topological polar surface area (TPSA) is 18.1 Å². The van der Waals surface area contributed by atoms with Crippen molar-refractivity contribution in [2.24, 2.45) is 11.8 Å². The van der Waals surface area contributed by atoms with E-state index in [4.69, 9.17) is 4.42 Å². The van der Waals surface area contributed by atoms with E-state index in [1.807, 2.05) is 6.07 Å². The highest BCUT2D eigenvalue weighted by atomic mass is 19.1. The molecule has 5 rings (SSSR count). The van der Waals surface area contributed by atoms with Crippen LogP contribution < -0.4 is 0 Å². The lowest BCUT2D eigenvalue weighted by Crippen LogP contribution is -2.09. The van der Waals surface area contributed by atoms with E-state index in [-0.39, 0.29) is 5.82 Å². The minimum Gasteiger partial charge on any atom is -0.455 e. The predicted octanol–water partition coefficient (Wildman–Crippen LogP) is 8.98. The maximum atomic E-state index is 14.9. The molecule has 3 heteroatoms. The number of aryl methyl sites for hydroxylation is 1. The molecule has 2 aromatic carbocycles. The van der Waals surface area contributed by atoms with Gasteiger partial charge < -0.3 is 8.98 Å². The average Bonchev–Trinajstić information content (AvgIpc) is 3.57. The number of benzene rings is 2. The summed E-state index contributed by atoms with van der Waals surface area (Å²) < 4.78 is 23.6. The van der Waals surface area contributed by atoms with Gasteiger partial charge in [-0.05, 0) is 74.3 Å². The summed E-state index contributed by atoms with van der Waals surface area (Å²) in [5.74, 6) is 1.49. The molecule has 2 atom stereocenters. The van der Waals surface area contributed by atoms with Gasteiger partial charge in [-0.15, -0.1) is 0 Å². The van der Waals surface area contributed by atoms with Gasteiger partial charge in [-0.2, -0.15) is 0 Å². The zero-order valence-corrected chi connectivity index (χ0v) is 21.1. The number of fused-ring (bicyclic) bond motifs is 3. The molecular formula is C32H36FNO. The Hall–Kier alpha value is -3.07. The highest BCUT2D eigenvalue weighted by Gasteiger charge is 2.28. The summed E-state index contributed by atoms with van der Waals surface area (Å²) in [5.41, 5.74) is 4.87. The zero-order chi connectivity index (χ0) is 24.4. The number of para-hydroxylation sites is 1. The number of nitrogens with zero attached hydrogens (tertiary/aromatic N) is 1. The second-order valence-electron chi connectivity index (χ2n) is 10.3. The van der Waals surface area contributed by atoms with Gasteiger partial charge in [0.15, 0.2) is 0 Å². The molecule has 1 unspecified atom stereocenters. The number of hydrogen-bond acceptors (Lipinski definition) is 1. The second-order valence-corrected chi connectivity index (χ2v) is 10.3. The van der Waals surface area contributed by atoms with Crippen LogP contribution in [-0.2, 0) is 19.4 Å². The second kappa shape index (κ2) is 10.3. The molecule has 0 aliphatic heterocycles. The first-order chi connectivity index (χ1) is 17.1. The first-order valence-electron chi connectivity index (χ1n) is 13.2. The van der Waals surface area contributed by atoms with E-state index in [0.29, 0.717) is 35.3 Å². The van der Waals surface area contributed by atoms with Crippen molar-refractivity contribution in [3.05, 3.63) is 95.6 Å². The van der Waals surface area contributed by atoms with Crippen LogP contribution in [0.25, 0.3) is 21.9 Å². The van der Waals surface area contributed by atoms with Gasteiger partial charge in [0.1, 0.15) is 17.0 Å². The normalized spacial score (nSPS) is 18.9. The molecule has 1 aliphatic carbocycles. The predicted molar refractivity (Wildman–Crippen MR) is 144 cm³/mol. The van der Waals surface area contributed by atoms with E-state index in [0.717, 1.165) is 29.3 Å². The van der Waals surface area contributed by atoms with Gasteiger partial charge in [0.25, 0.3) is 0 Å². The standard InChI is InChI=1S/C32H36FNO/c1-4-34-20-10-17-30(34)25-15-8-12-23(25)11-6-5-7-14-28-29(33)19-18-27-26-16-9-13-24(21-22(2)3)31(26)35-32(27)28/h5-7,9-11,13,16-20,22-23,25H,4,8,12,14-15,21H2,1-3H3/b7-5-,11-6+/t23-,25?/m1/s1. The SMILES string of the molecule is CCn1cccc1C1CCC[C@H]1/C=C/C=C\Cc1c(F)ccc2c1oc1c(CC(C)C)cccc12. The van der Waals surface area contributed by atoms with E-state index in [9.17, 15) is 4.39 Å². The Kier molecular flexibility index (Phi) is 6.95. The van der Waals surface area contributed by atoms with E-state index >= 15 is 0 Å². The van der Waals surface area contributed by atoms with Crippen molar-refractivity contribution in [2.75, 3.05) is 0 Å². The van der Waals surface area contributed by atoms with Gasteiger partial charge in [-0.3, -0.25) is 0 Å². The highest BCUT2D eigenvalue weighted by Crippen LogP contribution is 2.40. The van der Waals surface area contributed by atoms with E-state index < -0.39 is 0 Å². The van der Waals surface area contributed by atoms with Crippen molar-refractivity contribution >= 4 is 21.9 Å². The first-order valence-corrected chi connectivity index (χ1v) is 13.2. The molecule has 182 valence electrons. The quantitative estimate of drug-likeness (QED) is 0.235. The summed E-state index contributed by atoms with van der Waals surface area (Å²) in [7, 11) is 0. The van der Waals surface area contributed by atoms with Crippen molar-refractivity contribution in [1.82, 2.24) is 4.57 Å². The number of furan rings is 1. The minimum absolute atomic E-state index is 0.202. The number of aromatic nitrogens is 1. The molecule has 1 saturated carbocycles. The third-order valence-corrected chi connectivity index (χ3v) is 7.50. The maximum Gasteiger partial charge on any atom is 0.141 e. The van der Waals surface area contributed by atoms with Crippen LogP contribution in [0.1, 0.15) is 62.8 Å². The summed E-state index contributed by atoms with van der Waals surface area (Å²) in [6.07, 6.45) is 16.0. The number of allylic oxidation sites excluding steroid dienone is 4. The summed E-state index contributed by atoms with van der Waals surface area (Å²) in [4.78, 5) is 0. The van der Waals surface area contributed by atoms with Gasteiger partial charge in [0, 0.05) is 40.7 Å². The van der Waals surface area contributed by atoms with Crippen molar-refractivity contribution in [2.45, 2.75) is 65.3 Å². The Morgan fingerprint density at radius 2 is 1.89 bits per heavy atom. The van der Waals surface area contributed by atoms with Crippen LogP contribution >= 0.6 is 0 Å². The Morgan fingerprint density at radius 1 is 1.03 bits per heavy atom. The van der Waals surface area contributed by atoms with Gasteiger partial charge >= 0.3 is 0 Å². The largest absolute Gasteiger partial charge is 0.455 e. The van der Waals surface area contributed by atoms with E-state index in [1.54, 1.807) is 6.07 Å². The number of halogens is 1. The number of hydrogen-bond donors (Lipinski definition) is 0. The monoisotopic (exact) mass is 469 g/mol. The lowest BCUT2D eigenvalue weighted by Gasteiger charge is -2.18. The van der Waals surface area contributed by atoms with Crippen LogP contribution in [0.4, 0.5) is 4.39 Å². The Balaban J connectivity index is 1.35. The molecule has 1 aliphatic rings. The van der Waals surface area contributed by atoms with Crippen LogP contribution in [0, 0.1) is 17.7 Å². The summed E-state index contributed by atoms with van der Waals surface area (Å²) in [6, 6.07) is 14.2. The highest BCUT2D eigenvalue weighted by molar-refractivity contribution is 6.06. The fourth-order valence-electron chi connectivity index (χ4n) is 5.85. The molecule has 0 radical (unpaired) electrons. The van der Waals surface area contributed by atoms with Crippen LogP contribution in [0.2, 0.25) is 0 Å². The molecule has 2 heterocycles. The third-order valence-electron chi connectivity index (χ3n) is 7.50. The van der Waals surface area contributed by atoms with Crippen LogP contribution in [0.15, 0.2) is 77.4 Å². The molecule has 4 aromatic rings. The van der Waals surface area contributed by atoms with Gasteiger partial charge in [0.2, 0.25) is 0 Å². The van der Waals surface area contributed by atoms with Crippen LogP contribution in [0.3, 0.4) is 0 Å². The molecule has 35 heavy (non-hydrogen) atoms. The Labute approximate surface area is 208 Å². The van der Waals surface area contributed by atoms with E-state index in [2.05, 4.69) is 86.2 Å². The third kappa shape index (κ3) is 4.74. The lowest BCUT2D eigenvalue weighted by molar-refractivity contribution is 0.543. The van der Waals surface area contributed by atoms with Crippen LogP contribution in [0.5, 0.6) is 0 Å². The molecule has 2 nitrogen and oxygen atoms in total. The maximum absolute atomic E-state index is 14.9. The molecule has 0 amide bonds. The van der Waals surface area contributed by atoms with Crippen molar-refractivity contribution in [3.63, 3.8) is 0 Å². The molecule has 0 saturated heterocycles. The Morgan fingerprint density at radius 3 is 2.71 bits per heavy atom. The van der Waals surface area contributed by atoms with Crippen molar-refractivity contribution in [1.29, 1.82) is 0 Å². The van der Waals surface area contributed by atoms with Gasteiger partial charge in [-0.25, -0.2) is 4.39 Å². The molecule has 0 N–H and O–H groups in total.